The van der Waals surface area contributed by atoms with Crippen LogP contribution in [0.3, 0.4) is 0 Å². The van der Waals surface area contributed by atoms with Crippen molar-refractivity contribution in [3.05, 3.63) is 120 Å². The minimum Gasteiger partial charge on any atom is -0.494 e. The summed E-state index contributed by atoms with van der Waals surface area (Å²) in [6.45, 7) is 9.16. The maximum Gasteiger partial charge on any atom is 0.243 e. The van der Waals surface area contributed by atoms with E-state index in [1.807, 2.05) is 42.5 Å². The lowest BCUT2D eigenvalue weighted by Gasteiger charge is -2.22. The normalized spacial score (nSPS) is 10.6. The van der Waals surface area contributed by atoms with Gasteiger partial charge in [-0.3, -0.25) is 9.59 Å². The van der Waals surface area contributed by atoms with Gasteiger partial charge in [-0.2, -0.15) is 0 Å². The van der Waals surface area contributed by atoms with Gasteiger partial charge in [-0.05, 0) is 84.4 Å². The van der Waals surface area contributed by atoms with Gasteiger partial charge in [0.2, 0.25) is 11.8 Å². The lowest BCUT2D eigenvalue weighted by atomic mass is 9.83. The molecule has 0 unspecified atom stereocenters. The van der Waals surface area contributed by atoms with E-state index >= 15 is 0 Å². The highest BCUT2D eigenvalue weighted by Gasteiger charge is 2.20. The van der Waals surface area contributed by atoms with Crippen molar-refractivity contribution in [2.75, 3.05) is 26.3 Å². The number of aliphatic hydroxyl groups excluding tert-OH is 1. The molecular weight excluding hydrogens is 516 g/mol. The van der Waals surface area contributed by atoms with Crippen LogP contribution in [-0.4, -0.2) is 43.2 Å². The van der Waals surface area contributed by atoms with Crippen molar-refractivity contribution < 1.29 is 24.2 Å². The average molecular weight is 557 g/mol. The van der Waals surface area contributed by atoms with Crippen molar-refractivity contribution in [1.82, 2.24) is 10.6 Å². The Balaban J connectivity index is 1.64. The molecule has 0 atom stereocenters. The van der Waals surface area contributed by atoms with Crippen LogP contribution in [0.2, 0.25) is 0 Å². The first-order chi connectivity index (χ1) is 20.0. The molecule has 0 aliphatic carbocycles. The molecule has 0 aliphatic rings. The molecule has 0 radical (unpaired) electrons. The van der Waals surface area contributed by atoms with Gasteiger partial charge in [0.15, 0.2) is 0 Å². The molecule has 3 N–H and O–H groups in total. The molecule has 2 amide bonds. The lowest BCUT2D eigenvalue weighted by molar-refractivity contribution is -0.117. The third-order valence-corrected chi connectivity index (χ3v) is 6.61. The van der Waals surface area contributed by atoms with E-state index in [-0.39, 0.29) is 24.3 Å². The van der Waals surface area contributed by atoms with Gasteiger partial charge >= 0.3 is 0 Å². The number of nitrogens with one attached hydrogen (secondary N) is 2. The fraction of sp³-hybridized carbons (Fsp3) is 0.294. The van der Waals surface area contributed by atoms with Crippen LogP contribution in [0.1, 0.15) is 53.9 Å². The SMILES string of the molecule is C=CC(=O)NCCCCOc1ccc(C(c2ccc(OCCCCNC(=O)C=C)cc2)c2ccccc2CO)cc1. The molecule has 3 rings (SSSR count). The summed E-state index contributed by atoms with van der Waals surface area (Å²) in [6, 6.07) is 24.1. The van der Waals surface area contributed by atoms with E-state index in [9.17, 15) is 14.7 Å². The van der Waals surface area contributed by atoms with E-state index in [4.69, 9.17) is 9.47 Å². The van der Waals surface area contributed by atoms with Crippen LogP contribution in [0, 0.1) is 0 Å². The predicted molar refractivity (Wildman–Crippen MR) is 162 cm³/mol. The number of rotatable bonds is 18. The largest absolute Gasteiger partial charge is 0.494 e. The van der Waals surface area contributed by atoms with E-state index in [2.05, 4.69) is 54.1 Å². The number of carbonyl (C=O) groups excluding carboxylic acids is 2. The maximum absolute atomic E-state index is 11.2. The number of hydrogen-bond acceptors (Lipinski definition) is 5. The minimum absolute atomic E-state index is 0.0461. The van der Waals surface area contributed by atoms with Gasteiger partial charge in [0.05, 0.1) is 19.8 Å². The standard InChI is InChI=1S/C34H40N2O5/c1-3-32(38)35-21-7-9-23-40-29-17-13-26(14-18-29)34(31-12-6-5-11-28(31)25-37)27-15-19-30(20-16-27)41-24-10-8-22-36-33(39)4-2/h3-6,11-20,34,37H,1-2,7-10,21-25H2,(H,35,38)(H,36,39). The maximum atomic E-state index is 11.2. The molecule has 0 spiro atoms. The fourth-order valence-electron chi connectivity index (χ4n) is 4.43. The van der Waals surface area contributed by atoms with Crippen LogP contribution in [0.5, 0.6) is 11.5 Å². The molecular formula is C34H40N2O5. The topological polar surface area (TPSA) is 96.9 Å². The molecule has 3 aromatic rings. The Labute approximate surface area is 242 Å². The van der Waals surface area contributed by atoms with E-state index in [1.165, 1.54) is 12.2 Å². The second-order valence-electron chi connectivity index (χ2n) is 9.53. The van der Waals surface area contributed by atoms with Crippen LogP contribution in [0.25, 0.3) is 0 Å². The number of amides is 2. The van der Waals surface area contributed by atoms with Crippen molar-refractivity contribution >= 4 is 11.8 Å². The van der Waals surface area contributed by atoms with Crippen LogP contribution >= 0.6 is 0 Å². The minimum atomic E-state index is -0.163. The fourth-order valence-corrected chi connectivity index (χ4v) is 4.43. The van der Waals surface area contributed by atoms with Gasteiger partial charge in [-0.25, -0.2) is 0 Å². The molecule has 0 aromatic heterocycles. The van der Waals surface area contributed by atoms with Crippen molar-refractivity contribution in [2.45, 2.75) is 38.2 Å². The highest BCUT2D eigenvalue weighted by molar-refractivity contribution is 5.87. The number of benzene rings is 3. The summed E-state index contributed by atoms with van der Waals surface area (Å²) >= 11 is 0. The smallest absolute Gasteiger partial charge is 0.243 e. The number of unbranched alkanes of at least 4 members (excludes halogenated alkanes) is 2. The summed E-state index contributed by atoms with van der Waals surface area (Å²) < 4.78 is 11.8. The Morgan fingerprint density at radius 3 is 1.61 bits per heavy atom. The van der Waals surface area contributed by atoms with Crippen LogP contribution in [0.4, 0.5) is 0 Å². The highest BCUT2D eigenvalue weighted by Crippen LogP contribution is 2.35. The van der Waals surface area contributed by atoms with Crippen LogP contribution in [0.15, 0.2) is 98.1 Å². The van der Waals surface area contributed by atoms with E-state index < -0.39 is 0 Å². The first-order valence-electron chi connectivity index (χ1n) is 14.0. The van der Waals surface area contributed by atoms with Gasteiger partial charge in [0.1, 0.15) is 11.5 Å². The Hall–Kier alpha value is -4.36. The van der Waals surface area contributed by atoms with Gasteiger partial charge in [0.25, 0.3) is 0 Å². The molecule has 3 aromatic carbocycles. The highest BCUT2D eigenvalue weighted by atomic mass is 16.5. The molecule has 216 valence electrons. The Kier molecular flexibility index (Phi) is 13.2. The van der Waals surface area contributed by atoms with Gasteiger partial charge < -0.3 is 25.2 Å². The summed E-state index contributed by atoms with van der Waals surface area (Å²) in [5.41, 5.74) is 4.09. The van der Waals surface area contributed by atoms with E-state index in [0.29, 0.717) is 26.3 Å². The van der Waals surface area contributed by atoms with Crippen molar-refractivity contribution in [2.24, 2.45) is 0 Å². The Morgan fingerprint density at radius 2 is 1.17 bits per heavy atom. The van der Waals surface area contributed by atoms with Crippen molar-refractivity contribution in [3.63, 3.8) is 0 Å². The average Bonchev–Trinajstić information content (AvgIpc) is 3.02. The van der Waals surface area contributed by atoms with Crippen LogP contribution in [-0.2, 0) is 16.2 Å². The zero-order valence-corrected chi connectivity index (χ0v) is 23.5. The summed E-state index contributed by atoms with van der Waals surface area (Å²) in [5.74, 6) is 1.16. The monoisotopic (exact) mass is 556 g/mol. The van der Waals surface area contributed by atoms with Crippen molar-refractivity contribution in [1.29, 1.82) is 0 Å². The first kappa shape index (κ1) is 31.2. The van der Waals surface area contributed by atoms with Gasteiger partial charge in [-0.1, -0.05) is 61.7 Å². The molecule has 0 saturated heterocycles. The summed E-state index contributed by atoms with van der Waals surface area (Å²) in [6.07, 6.45) is 5.84. The molecule has 0 fully saturated rings. The Morgan fingerprint density at radius 1 is 0.707 bits per heavy atom. The molecule has 7 heteroatoms. The van der Waals surface area contributed by atoms with Gasteiger partial charge in [0, 0.05) is 19.0 Å². The third-order valence-electron chi connectivity index (χ3n) is 6.61. The van der Waals surface area contributed by atoms with E-state index in [1.54, 1.807) is 0 Å². The molecule has 0 bridgehead atoms. The van der Waals surface area contributed by atoms with Crippen molar-refractivity contribution in [3.8, 4) is 11.5 Å². The zero-order valence-electron chi connectivity index (χ0n) is 23.5. The number of carbonyl (C=O) groups is 2. The number of ether oxygens (including phenoxy) is 2. The quantitative estimate of drug-likeness (QED) is 0.113. The van der Waals surface area contributed by atoms with E-state index in [0.717, 1.165) is 59.4 Å². The second kappa shape index (κ2) is 17.4. The molecule has 0 saturated carbocycles. The molecule has 0 aliphatic heterocycles. The summed E-state index contributed by atoms with van der Waals surface area (Å²) in [4.78, 5) is 22.4. The summed E-state index contributed by atoms with van der Waals surface area (Å²) in [5, 5.41) is 15.6. The Bertz CT molecular complexity index is 1180. The van der Waals surface area contributed by atoms with Gasteiger partial charge in [-0.15, -0.1) is 0 Å². The second-order valence-corrected chi connectivity index (χ2v) is 9.53. The predicted octanol–water partition coefficient (Wildman–Crippen LogP) is 5.28. The third kappa shape index (κ3) is 10.3. The number of hydrogen-bond donors (Lipinski definition) is 3. The van der Waals surface area contributed by atoms with Crippen LogP contribution < -0.4 is 20.1 Å². The lowest BCUT2D eigenvalue weighted by Crippen LogP contribution is -2.22. The summed E-state index contributed by atoms with van der Waals surface area (Å²) in [7, 11) is 0. The zero-order chi connectivity index (χ0) is 29.3. The molecule has 7 nitrogen and oxygen atoms in total. The molecule has 0 heterocycles. The number of aliphatic hydroxyl groups is 1. The molecule has 41 heavy (non-hydrogen) atoms. The first-order valence-corrected chi connectivity index (χ1v) is 14.0.